The number of aliphatic imine (C=N–C) groups is 1. The Kier molecular flexibility index (Phi) is 2.71. The van der Waals surface area contributed by atoms with E-state index < -0.39 is 5.97 Å². The van der Waals surface area contributed by atoms with E-state index in [1.165, 1.54) is 5.56 Å². The van der Waals surface area contributed by atoms with Crippen LogP contribution in [0.1, 0.15) is 35.3 Å². The van der Waals surface area contributed by atoms with Gasteiger partial charge in [-0.25, -0.2) is 4.79 Å². The van der Waals surface area contributed by atoms with Gasteiger partial charge in [-0.1, -0.05) is 30.3 Å². The highest BCUT2D eigenvalue weighted by Crippen LogP contribution is 2.44. The normalized spacial score (nSPS) is 20.4. The van der Waals surface area contributed by atoms with Crippen molar-refractivity contribution in [2.45, 2.75) is 19.3 Å². The molecule has 0 saturated carbocycles. The number of carbonyl (C=O) groups is 1. The van der Waals surface area contributed by atoms with Gasteiger partial charge >= 0.3 is 5.97 Å². The highest BCUT2D eigenvalue weighted by atomic mass is 16.4. The molecule has 0 aromatic heterocycles. The average molecular weight is 265 g/mol. The van der Waals surface area contributed by atoms with Crippen LogP contribution >= 0.6 is 0 Å². The van der Waals surface area contributed by atoms with E-state index in [1.807, 2.05) is 37.3 Å². The van der Waals surface area contributed by atoms with Gasteiger partial charge in [-0.05, 0) is 43.2 Å². The van der Waals surface area contributed by atoms with Gasteiger partial charge in [-0.15, -0.1) is 0 Å². The predicted octanol–water partition coefficient (Wildman–Crippen LogP) is 3.80. The lowest BCUT2D eigenvalue weighted by Crippen LogP contribution is -2.29. The van der Waals surface area contributed by atoms with E-state index >= 15 is 0 Å². The fraction of sp³-hybridized carbons (Fsp3) is 0.176. The van der Waals surface area contributed by atoms with Crippen molar-refractivity contribution in [3.05, 3.63) is 65.2 Å². The molecule has 2 aromatic rings. The zero-order valence-electron chi connectivity index (χ0n) is 11.4. The number of para-hydroxylation sites is 1. The summed E-state index contributed by atoms with van der Waals surface area (Å²) in [5, 5.41) is 8.99. The van der Waals surface area contributed by atoms with Crippen LogP contribution in [0.5, 0.6) is 0 Å². The van der Waals surface area contributed by atoms with Gasteiger partial charge in [0.05, 0.1) is 16.7 Å². The Morgan fingerprint density at radius 2 is 1.75 bits per heavy atom. The minimum absolute atomic E-state index is 0.284. The van der Waals surface area contributed by atoms with Crippen LogP contribution in [0.25, 0.3) is 0 Å². The molecule has 0 amide bonds. The van der Waals surface area contributed by atoms with Gasteiger partial charge < -0.3 is 5.11 Å². The molecule has 1 aliphatic rings. The highest BCUT2D eigenvalue weighted by Gasteiger charge is 2.38. The topological polar surface area (TPSA) is 49.7 Å². The van der Waals surface area contributed by atoms with E-state index in [2.05, 4.69) is 18.0 Å². The second-order valence-electron chi connectivity index (χ2n) is 5.22. The molecule has 3 nitrogen and oxygen atoms in total. The summed E-state index contributed by atoms with van der Waals surface area (Å²) in [6.45, 7) is 4.15. The first-order valence-corrected chi connectivity index (χ1v) is 6.52. The number of hydrogen-bond donors (Lipinski definition) is 1. The van der Waals surface area contributed by atoms with E-state index in [4.69, 9.17) is 5.11 Å². The van der Waals surface area contributed by atoms with Crippen LogP contribution < -0.4 is 0 Å². The Balaban J connectivity index is 2.13. The fourth-order valence-corrected chi connectivity index (χ4v) is 2.79. The number of rotatable bonds is 2. The molecule has 1 heterocycles. The van der Waals surface area contributed by atoms with Crippen molar-refractivity contribution in [2.24, 2.45) is 4.99 Å². The average Bonchev–Trinajstić information content (AvgIpc) is 2.72. The van der Waals surface area contributed by atoms with E-state index in [-0.39, 0.29) is 5.41 Å². The Bertz CT molecular complexity index is 716. The number of aromatic carboxylic acids is 1. The number of fused-ring (bicyclic) bond motifs is 1. The van der Waals surface area contributed by atoms with Gasteiger partial charge in [0.25, 0.3) is 0 Å². The Labute approximate surface area is 117 Å². The number of benzene rings is 2. The minimum Gasteiger partial charge on any atom is -0.478 e. The molecule has 3 rings (SSSR count). The number of carboxylic acid groups (broad SMARTS) is 1. The molecular formula is C17H15NO2. The van der Waals surface area contributed by atoms with Crippen molar-refractivity contribution < 1.29 is 9.90 Å². The zero-order chi connectivity index (χ0) is 14.3. The molecule has 2 aromatic carbocycles. The van der Waals surface area contributed by atoms with Crippen molar-refractivity contribution in [1.29, 1.82) is 0 Å². The second kappa shape index (κ2) is 4.30. The van der Waals surface area contributed by atoms with E-state index in [0.717, 1.165) is 17.0 Å². The molecule has 0 radical (unpaired) electrons. The monoisotopic (exact) mass is 265 g/mol. The maximum atomic E-state index is 11.0. The molecule has 1 N–H and O–H groups in total. The van der Waals surface area contributed by atoms with Crippen LogP contribution in [0.3, 0.4) is 0 Å². The zero-order valence-corrected chi connectivity index (χ0v) is 11.4. The van der Waals surface area contributed by atoms with Crippen LogP contribution in [0.4, 0.5) is 5.69 Å². The summed E-state index contributed by atoms with van der Waals surface area (Å²) < 4.78 is 0. The summed E-state index contributed by atoms with van der Waals surface area (Å²) in [6.07, 6.45) is 0. The van der Waals surface area contributed by atoms with E-state index in [0.29, 0.717) is 5.56 Å². The van der Waals surface area contributed by atoms with Crippen molar-refractivity contribution in [2.75, 3.05) is 0 Å². The predicted molar refractivity (Wildman–Crippen MR) is 79.1 cm³/mol. The molecule has 0 fully saturated rings. The largest absolute Gasteiger partial charge is 0.478 e. The fourth-order valence-electron chi connectivity index (χ4n) is 2.79. The van der Waals surface area contributed by atoms with Gasteiger partial charge in [0.2, 0.25) is 0 Å². The smallest absolute Gasteiger partial charge is 0.335 e. The molecule has 0 saturated heterocycles. The van der Waals surface area contributed by atoms with Crippen molar-refractivity contribution in [3.63, 3.8) is 0 Å². The molecule has 0 spiro atoms. The summed E-state index contributed by atoms with van der Waals surface area (Å²) in [4.78, 5) is 15.6. The second-order valence-corrected chi connectivity index (χ2v) is 5.22. The lowest BCUT2D eigenvalue weighted by molar-refractivity contribution is 0.0697. The minimum atomic E-state index is -0.904. The molecule has 1 aliphatic heterocycles. The maximum Gasteiger partial charge on any atom is 0.335 e. The standard InChI is InChI=1S/C17H15NO2/c1-11-17(2,14-5-3-4-6-15(14)18-11)13-9-7-12(8-10-13)16(19)20/h3-10H,1-2H3,(H,19,20). The van der Waals surface area contributed by atoms with Crippen LogP contribution in [-0.2, 0) is 5.41 Å². The summed E-state index contributed by atoms with van der Waals surface area (Å²) >= 11 is 0. The van der Waals surface area contributed by atoms with Gasteiger partial charge in [-0.2, -0.15) is 0 Å². The third kappa shape index (κ3) is 1.67. The van der Waals surface area contributed by atoms with E-state index in [9.17, 15) is 4.79 Å². The van der Waals surface area contributed by atoms with Crippen molar-refractivity contribution in [3.8, 4) is 0 Å². The first kappa shape index (κ1) is 12.6. The molecule has 1 unspecified atom stereocenters. The lowest BCUT2D eigenvalue weighted by atomic mass is 9.74. The molecule has 3 heteroatoms. The SMILES string of the molecule is CC1=Nc2ccccc2C1(C)c1ccc(C(=O)O)cc1. The van der Waals surface area contributed by atoms with Gasteiger partial charge in [0, 0.05) is 5.71 Å². The van der Waals surface area contributed by atoms with Crippen LogP contribution in [0.2, 0.25) is 0 Å². The van der Waals surface area contributed by atoms with Gasteiger partial charge in [0.1, 0.15) is 0 Å². The Hall–Kier alpha value is -2.42. The molecule has 1 atom stereocenters. The summed E-state index contributed by atoms with van der Waals surface area (Å²) in [7, 11) is 0. The van der Waals surface area contributed by atoms with Crippen LogP contribution in [0, 0.1) is 0 Å². The Morgan fingerprint density at radius 1 is 1.10 bits per heavy atom. The summed E-state index contributed by atoms with van der Waals surface area (Å²) in [6, 6.07) is 15.1. The quantitative estimate of drug-likeness (QED) is 0.897. The summed E-state index contributed by atoms with van der Waals surface area (Å²) in [5.74, 6) is -0.904. The molecule has 20 heavy (non-hydrogen) atoms. The third-order valence-electron chi connectivity index (χ3n) is 4.16. The number of nitrogens with zero attached hydrogens (tertiary/aromatic N) is 1. The Morgan fingerprint density at radius 3 is 2.40 bits per heavy atom. The maximum absolute atomic E-state index is 11.0. The van der Waals surface area contributed by atoms with Gasteiger partial charge in [-0.3, -0.25) is 4.99 Å². The lowest BCUT2D eigenvalue weighted by Gasteiger charge is -2.27. The molecule has 100 valence electrons. The highest BCUT2D eigenvalue weighted by molar-refractivity contribution is 6.03. The molecule has 0 aliphatic carbocycles. The first-order chi connectivity index (χ1) is 9.53. The summed E-state index contributed by atoms with van der Waals surface area (Å²) in [5.41, 5.74) is 4.28. The van der Waals surface area contributed by atoms with Gasteiger partial charge in [0.15, 0.2) is 0 Å². The van der Waals surface area contributed by atoms with Crippen LogP contribution in [0.15, 0.2) is 53.5 Å². The molecular weight excluding hydrogens is 250 g/mol. The molecule has 0 bridgehead atoms. The number of hydrogen-bond acceptors (Lipinski definition) is 2. The number of carboxylic acids is 1. The van der Waals surface area contributed by atoms with Crippen LogP contribution in [-0.4, -0.2) is 16.8 Å². The van der Waals surface area contributed by atoms with Crippen molar-refractivity contribution in [1.82, 2.24) is 0 Å². The van der Waals surface area contributed by atoms with E-state index in [1.54, 1.807) is 12.1 Å². The van der Waals surface area contributed by atoms with Crippen molar-refractivity contribution >= 4 is 17.4 Å². The first-order valence-electron chi connectivity index (χ1n) is 6.52. The third-order valence-corrected chi connectivity index (χ3v) is 4.16.